The maximum absolute atomic E-state index is 12.4. The molecule has 2 heterocycles. The van der Waals surface area contributed by atoms with Gasteiger partial charge in [0.15, 0.2) is 0 Å². The molecule has 6 nitrogen and oxygen atoms in total. The lowest BCUT2D eigenvalue weighted by atomic mass is 10.2. The summed E-state index contributed by atoms with van der Waals surface area (Å²) in [6, 6.07) is 3.17. The summed E-state index contributed by atoms with van der Waals surface area (Å²) in [4.78, 5) is 31.3. The molecule has 1 saturated heterocycles. The first kappa shape index (κ1) is 14.6. The molecule has 0 spiro atoms. The molecule has 1 fully saturated rings. The van der Waals surface area contributed by atoms with Crippen LogP contribution in [0.5, 0.6) is 0 Å². The van der Waals surface area contributed by atoms with Crippen molar-refractivity contribution in [2.75, 3.05) is 38.5 Å². The Kier molecular flexibility index (Phi) is 4.44. The van der Waals surface area contributed by atoms with Crippen molar-refractivity contribution in [3.63, 3.8) is 0 Å². The monoisotopic (exact) mass is 296 g/mol. The number of nitrogens with zero attached hydrogens (tertiary/aromatic N) is 3. The number of piperazine rings is 1. The number of pyridine rings is 1. The van der Waals surface area contributed by atoms with Gasteiger partial charge in [-0.25, -0.2) is 4.98 Å². The van der Waals surface area contributed by atoms with Crippen molar-refractivity contribution in [2.24, 2.45) is 0 Å². The van der Waals surface area contributed by atoms with Gasteiger partial charge in [-0.15, -0.1) is 0 Å². The van der Waals surface area contributed by atoms with Crippen LogP contribution >= 0.6 is 11.6 Å². The molecule has 20 heavy (non-hydrogen) atoms. The average molecular weight is 297 g/mol. The third-order valence-electron chi connectivity index (χ3n) is 3.14. The Morgan fingerprint density at radius 1 is 1.45 bits per heavy atom. The number of likely N-dealkylation sites (N-methyl/N-ethyl adjacent to an activating group) is 1. The maximum Gasteiger partial charge on any atom is 0.254 e. The average Bonchev–Trinajstić information content (AvgIpc) is 2.41. The van der Waals surface area contributed by atoms with Gasteiger partial charge in [0.05, 0.1) is 0 Å². The number of hydrogen-bond acceptors (Lipinski definition) is 4. The van der Waals surface area contributed by atoms with Crippen LogP contribution in [0.25, 0.3) is 0 Å². The van der Waals surface area contributed by atoms with E-state index in [9.17, 15) is 9.59 Å². The lowest BCUT2D eigenvalue weighted by Gasteiger charge is -2.32. The van der Waals surface area contributed by atoms with Crippen LogP contribution in [0.3, 0.4) is 0 Å². The zero-order valence-corrected chi connectivity index (χ0v) is 12.3. The van der Waals surface area contributed by atoms with E-state index in [4.69, 9.17) is 11.6 Å². The smallest absolute Gasteiger partial charge is 0.254 e. The molecule has 2 rings (SSSR count). The maximum atomic E-state index is 12.4. The minimum absolute atomic E-state index is 0.0586. The minimum atomic E-state index is -0.199. The topological polar surface area (TPSA) is 65.5 Å². The summed E-state index contributed by atoms with van der Waals surface area (Å²) in [6.45, 7) is 3.80. The van der Waals surface area contributed by atoms with Crippen LogP contribution in [0.2, 0.25) is 5.15 Å². The summed E-state index contributed by atoms with van der Waals surface area (Å²) < 4.78 is 0. The third-order valence-corrected chi connectivity index (χ3v) is 3.34. The molecule has 0 unspecified atom stereocenters. The molecule has 1 N–H and O–H groups in total. The first-order valence-electron chi connectivity index (χ1n) is 6.46. The van der Waals surface area contributed by atoms with E-state index in [-0.39, 0.29) is 23.5 Å². The van der Waals surface area contributed by atoms with Crippen molar-refractivity contribution >= 4 is 29.2 Å². The first-order valence-corrected chi connectivity index (χ1v) is 6.83. The number of hydrogen-bond donors (Lipinski definition) is 1. The quantitative estimate of drug-likeness (QED) is 0.848. The zero-order chi connectivity index (χ0) is 14.7. The number of carbonyl (C=O) groups excluding carboxylic acids is 2. The highest BCUT2D eigenvalue weighted by molar-refractivity contribution is 6.29. The number of aromatic nitrogens is 1. The molecule has 7 heteroatoms. The molecule has 1 aromatic rings. The van der Waals surface area contributed by atoms with Crippen LogP contribution in [0.4, 0.5) is 5.82 Å². The Bertz CT molecular complexity index is 535. The fourth-order valence-corrected chi connectivity index (χ4v) is 2.22. The second-order valence-electron chi connectivity index (χ2n) is 4.64. The van der Waals surface area contributed by atoms with Gasteiger partial charge in [-0.05, 0) is 19.1 Å². The Morgan fingerprint density at radius 2 is 2.20 bits per heavy atom. The lowest BCUT2D eigenvalue weighted by Crippen LogP contribution is -2.50. The molecule has 0 bridgehead atoms. The molecular formula is C13H17ClN4O2. The first-order chi connectivity index (χ1) is 9.51. The standard InChI is InChI=1S/C13H17ClN4O2/c1-3-15-11-7-9(6-10(14)16-11)13(20)18-5-4-17(2)12(19)8-18/h6-7H,3-5,8H2,1-2H3,(H,15,16). The summed E-state index contributed by atoms with van der Waals surface area (Å²) >= 11 is 5.92. The molecule has 0 radical (unpaired) electrons. The minimum Gasteiger partial charge on any atom is -0.370 e. The lowest BCUT2D eigenvalue weighted by molar-refractivity contribution is -0.133. The second kappa shape index (κ2) is 6.09. The van der Waals surface area contributed by atoms with Crippen LogP contribution in [-0.4, -0.2) is 59.8 Å². The highest BCUT2D eigenvalue weighted by Crippen LogP contribution is 2.17. The summed E-state index contributed by atoms with van der Waals surface area (Å²) in [5.41, 5.74) is 0.443. The summed E-state index contributed by atoms with van der Waals surface area (Å²) in [5.74, 6) is 0.301. The SMILES string of the molecule is CCNc1cc(C(=O)N2CCN(C)C(=O)C2)cc(Cl)n1. The second-order valence-corrected chi connectivity index (χ2v) is 5.02. The highest BCUT2D eigenvalue weighted by Gasteiger charge is 2.26. The van der Waals surface area contributed by atoms with Gasteiger partial charge in [0.2, 0.25) is 5.91 Å². The normalized spacial score (nSPS) is 15.4. The molecule has 108 valence electrons. The van der Waals surface area contributed by atoms with E-state index in [1.807, 2.05) is 6.92 Å². The number of rotatable bonds is 3. The van der Waals surface area contributed by atoms with Crippen molar-refractivity contribution < 1.29 is 9.59 Å². The third kappa shape index (κ3) is 3.19. The predicted octanol–water partition coefficient (Wildman–Crippen LogP) is 1.08. The molecular weight excluding hydrogens is 280 g/mol. The molecule has 1 aromatic heterocycles. The van der Waals surface area contributed by atoms with Gasteiger partial charge in [0, 0.05) is 32.2 Å². The van der Waals surface area contributed by atoms with E-state index in [0.717, 1.165) is 0 Å². The largest absolute Gasteiger partial charge is 0.370 e. The molecule has 0 aromatic carbocycles. The van der Waals surface area contributed by atoms with Crippen LogP contribution < -0.4 is 5.32 Å². The van der Waals surface area contributed by atoms with E-state index in [2.05, 4.69) is 10.3 Å². The van der Waals surface area contributed by atoms with E-state index in [0.29, 0.717) is 31.0 Å². The Balaban J connectivity index is 2.18. The van der Waals surface area contributed by atoms with E-state index >= 15 is 0 Å². The molecule has 0 aliphatic carbocycles. The Morgan fingerprint density at radius 3 is 2.85 bits per heavy atom. The van der Waals surface area contributed by atoms with Crippen molar-refractivity contribution in [2.45, 2.75) is 6.92 Å². The van der Waals surface area contributed by atoms with Crippen LogP contribution in [-0.2, 0) is 4.79 Å². The van der Waals surface area contributed by atoms with Crippen LogP contribution in [0.15, 0.2) is 12.1 Å². The summed E-state index contributed by atoms with van der Waals surface area (Å²) in [5, 5.41) is 3.28. The van der Waals surface area contributed by atoms with Gasteiger partial charge in [0.1, 0.15) is 17.5 Å². The van der Waals surface area contributed by atoms with Gasteiger partial charge >= 0.3 is 0 Å². The Labute approximate surface area is 122 Å². The number of carbonyl (C=O) groups is 2. The van der Waals surface area contributed by atoms with E-state index in [1.165, 1.54) is 11.0 Å². The van der Waals surface area contributed by atoms with Crippen molar-refractivity contribution in [1.82, 2.24) is 14.8 Å². The van der Waals surface area contributed by atoms with Crippen molar-refractivity contribution in [1.29, 1.82) is 0 Å². The molecule has 0 saturated carbocycles. The molecule has 2 amide bonds. The van der Waals surface area contributed by atoms with Gasteiger partial charge in [-0.1, -0.05) is 11.6 Å². The summed E-state index contributed by atoms with van der Waals surface area (Å²) in [7, 11) is 1.73. The van der Waals surface area contributed by atoms with E-state index < -0.39 is 0 Å². The predicted molar refractivity (Wildman–Crippen MR) is 77.0 cm³/mol. The Hall–Kier alpha value is -1.82. The molecule has 1 aliphatic heterocycles. The molecule has 1 aliphatic rings. The fraction of sp³-hybridized carbons (Fsp3) is 0.462. The van der Waals surface area contributed by atoms with Crippen LogP contribution in [0, 0.1) is 0 Å². The zero-order valence-electron chi connectivity index (χ0n) is 11.5. The summed E-state index contributed by atoms with van der Waals surface area (Å²) in [6.07, 6.45) is 0. The van der Waals surface area contributed by atoms with Gasteiger partial charge in [0.25, 0.3) is 5.91 Å². The van der Waals surface area contributed by atoms with E-state index in [1.54, 1.807) is 18.0 Å². The number of nitrogens with one attached hydrogen (secondary N) is 1. The van der Waals surface area contributed by atoms with Crippen molar-refractivity contribution in [3.8, 4) is 0 Å². The van der Waals surface area contributed by atoms with Gasteiger partial charge in [-0.2, -0.15) is 0 Å². The van der Waals surface area contributed by atoms with Gasteiger partial charge in [-0.3, -0.25) is 9.59 Å². The number of anilines is 1. The highest BCUT2D eigenvalue weighted by atomic mass is 35.5. The number of amides is 2. The molecule has 0 atom stereocenters. The number of halogens is 1. The van der Waals surface area contributed by atoms with Crippen LogP contribution in [0.1, 0.15) is 17.3 Å². The van der Waals surface area contributed by atoms with Crippen molar-refractivity contribution in [3.05, 3.63) is 22.8 Å². The van der Waals surface area contributed by atoms with Gasteiger partial charge < -0.3 is 15.1 Å². The fourth-order valence-electron chi connectivity index (χ4n) is 2.01.